The van der Waals surface area contributed by atoms with Crippen LogP contribution < -0.4 is 11.3 Å². The average molecular weight is 373 g/mol. The Labute approximate surface area is 159 Å². The van der Waals surface area contributed by atoms with Gasteiger partial charge in [0, 0.05) is 30.4 Å². The molecule has 0 saturated carbocycles. The summed E-state index contributed by atoms with van der Waals surface area (Å²) >= 11 is 0. The maximum Gasteiger partial charge on any atom is 0.250 e. The average Bonchev–Trinajstić information content (AvgIpc) is 3.15. The van der Waals surface area contributed by atoms with Crippen LogP contribution in [-0.4, -0.2) is 29.3 Å². The number of aliphatic hydroxyl groups excluding tert-OH is 1. The molecule has 0 saturated heterocycles. The number of nitrogens with two attached hydrogens (primary N) is 1. The molecule has 9 heteroatoms. The Morgan fingerprint density at radius 2 is 2.04 bits per heavy atom. The molecule has 0 aliphatic carbocycles. The number of nitriles is 1. The molecule has 3 heterocycles. The van der Waals surface area contributed by atoms with E-state index in [2.05, 4.69) is 21.1 Å². The maximum atomic E-state index is 11.8. The molecule has 0 atom stereocenters. The van der Waals surface area contributed by atoms with Crippen molar-refractivity contribution in [1.29, 1.82) is 5.26 Å². The molecule has 0 aliphatic heterocycles. The van der Waals surface area contributed by atoms with Crippen molar-refractivity contribution in [3.05, 3.63) is 64.3 Å². The van der Waals surface area contributed by atoms with E-state index in [0.717, 1.165) is 0 Å². The topological polar surface area (TPSA) is 135 Å². The number of anilines is 1. The maximum absolute atomic E-state index is 11.8. The van der Waals surface area contributed by atoms with Crippen molar-refractivity contribution in [2.24, 2.45) is 7.05 Å². The van der Waals surface area contributed by atoms with Crippen molar-refractivity contribution in [2.45, 2.75) is 6.61 Å². The molecule has 28 heavy (non-hydrogen) atoms. The third kappa shape index (κ3) is 2.78. The van der Waals surface area contributed by atoms with Gasteiger partial charge in [-0.1, -0.05) is 12.1 Å². The minimum Gasteiger partial charge on any atom is -0.388 e. The van der Waals surface area contributed by atoms with Crippen molar-refractivity contribution >= 4 is 11.6 Å². The summed E-state index contributed by atoms with van der Waals surface area (Å²) in [6, 6.07) is 12.2. The quantitative estimate of drug-likeness (QED) is 0.549. The lowest BCUT2D eigenvalue weighted by molar-refractivity contribution is 0.271. The summed E-state index contributed by atoms with van der Waals surface area (Å²) in [5.41, 5.74) is 9.23. The van der Waals surface area contributed by atoms with Crippen LogP contribution >= 0.6 is 0 Å². The van der Waals surface area contributed by atoms with Crippen molar-refractivity contribution in [3.63, 3.8) is 0 Å². The fraction of sp³-hybridized carbons (Fsp3) is 0.105. The summed E-state index contributed by atoms with van der Waals surface area (Å²) in [5, 5.41) is 22.9. The zero-order chi connectivity index (χ0) is 19.8. The van der Waals surface area contributed by atoms with E-state index < -0.39 is 0 Å². The summed E-state index contributed by atoms with van der Waals surface area (Å²) in [7, 11) is 1.65. The van der Waals surface area contributed by atoms with E-state index in [1.165, 1.54) is 15.1 Å². The number of rotatable bonds is 3. The van der Waals surface area contributed by atoms with E-state index in [9.17, 15) is 15.2 Å². The summed E-state index contributed by atoms with van der Waals surface area (Å²) in [4.78, 5) is 20.7. The molecule has 9 nitrogen and oxygen atoms in total. The first kappa shape index (κ1) is 17.4. The van der Waals surface area contributed by atoms with Crippen LogP contribution in [0.15, 0.2) is 47.4 Å². The van der Waals surface area contributed by atoms with Gasteiger partial charge in [-0.25, -0.2) is 9.97 Å². The Hall–Kier alpha value is -4.03. The van der Waals surface area contributed by atoms with E-state index >= 15 is 0 Å². The number of aryl methyl sites for hydroxylation is 1. The van der Waals surface area contributed by atoms with Gasteiger partial charge < -0.3 is 15.4 Å². The van der Waals surface area contributed by atoms with E-state index in [1.807, 2.05) is 6.07 Å². The van der Waals surface area contributed by atoms with Crippen LogP contribution in [0.25, 0.3) is 28.0 Å². The molecule has 0 radical (unpaired) electrons. The van der Waals surface area contributed by atoms with Crippen LogP contribution in [-0.2, 0) is 13.7 Å². The number of nitrogen functional groups attached to an aromatic ring is 1. The molecule has 138 valence electrons. The van der Waals surface area contributed by atoms with Gasteiger partial charge in [0.25, 0.3) is 0 Å². The van der Waals surface area contributed by atoms with Crippen LogP contribution in [0, 0.1) is 11.3 Å². The molecule has 0 aliphatic rings. The van der Waals surface area contributed by atoms with Crippen LogP contribution in [0.2, 0.25) is 0 Å². The SMILES string of the molecule is Cn1cc(-c2c(-c3cccc(C#N)c3)nc(N)n3nc(CO)nc23)ccc1=O. The third-order valence-electron chi connectivity index (χ3n) is 4.34. The van der Waals surface area contributed by atoms with E-state index in [0.29, 0.717) is 33.6 Å². The minimum absolute atomic E-state index is 0.0909. The standard InChI is InChI=1S/C19H15N7O2/c1-25-9-13(5-6-15(25)28)16-17(12-4-2-3-11(7-12)8-20)23-19(21)26-18(16)22-14(10-27)24-26/h2-7,9,27H,10H2,1H3,(H2,21,23). The van der Waals surface area contributed by atoms with Gasteiger partial charge in [0.1, 0.15) is 6.61 Å². The highest BCUT2D eigenvalue weighted by molar-refractivity contribution is 5.90. The number of hydrogen-bond acceptors (Lipinski definition) is 7. The molecule has 1 aromatic carbocycles. The lowest BCUT2D eigenvalue weighted by Gasteiger charge is -2.13. The van der Waals surface area contributed by atoms with Gasteiger partial charge in [-0.3, -0.25) is 4.79 Å². The lowest BCUT2D eigenvalue weighted by Crippen LogP contribution is -2.14. The molecule has 0 fully saturated rings. The summed E-state index contributed by atoms with van der Waals surface area (Å²) < 4.78 is 2.80. The molecule has 4 aromatic rings. The van der Waals surface area contributed by atoms with Crippen LogP contribution in [0.1, 0.15) is 11.4 Å². The number of aliphatic hydroxyl groups is 1. The van der Waals surface area contributed by atoms with Gasteiger partial charge in [-0.2, -0.15) is 9.78 Å². The van der Waals surface area contributed by atoms with Crippen molar-refractivity contribution < 1.29 is 5.11 Å². The van der Waals surface area contributed by atoms with Gasteiger partial charge in [0.05, 0.1) is 22.9 Å². The highest BCUT2D eigenvalue weighted by atomic mass is 16.3. The predicted molar refractivity (Wildman–Crippen MR) is 102 cm³/mol. The number of nitrogens with zero attached hydrogens (tertiary/aromatic N) is 6. The lowest BCUT2D eigenvalue weighted by atomic mass is 10.00. The van der Waals surface area contributed by atoms with Crippen LogP contribution in [0.5, 0.6) is 0 Å². The summed E-state index contributed by atoms with van der Waals surface area (Å²) in [6.07, 6.45) is 1.67. The molecule has 0 unspecified atom stereocenters. The molecular formula is C19H15N7O2. The van der Waals surface area contributed by atoms with Crippen molar-refractivity contribution in [1.82, 2.24) is 24.1 Å². The van der Waals surface area contributed by atoms with Gasteiger partial charge >= 0.3 is 0 Å². The first-order chi connectivity index (χ1) is 13.5. The zero-order valence-electron chi connectivity index (χ0n) is 14.9. The number of hydrogen-bond donors (Lipinski definition) is 2. The van der Waals surface area contributed by atoms with E-state index in [4.69, 9.17) is 5.73 Å². The Bertz CT molecular complexity index is 1310. The van der Waals surface area contributed by atoms with Gasteiger partial charge in [-0.05, 0) is 18.2 Å². The van der Waals surface area contributed by atoms with Crippen LogP contribution in [0.3, 0.4) is 0 Å². The molecular weight excluding hydrogens is 358 g/mol. The molecule has 0 bridgehead atoms. The number of benzene rings is 1. The van der Waals surface area contributed by atoms with E-state index in [-0.39, 0.29) is 23.9 Å². The van der Waals surface area contributed by atoms with Crippen molar-refractivity contribution in [2.75, 3.05) is 5.73 Å². The Kier molecular flexibility index (Phi) is 4.10. The second kappa shape index (κ2) is 6.61. The monoisotopic (exact) mass is 373 g/mol. The Morgan fingerprint density at radius 1 is 1.21 bits per heavy atom. The zero-order valence-corrected chi connectivity index (χ0v) is 14.9. The third-order valence-corrected chi connectivity index (χ3v) is 4.34. The number of aromatic nitrogens is 5. The van der Waals surface area contributed by atoms with Crippen LogP contribution in [0.4, 0.5) is 5.95 Å². The second-order valence-electron chi connectivity index (χ2n) is 6.17. The number of pyridine rings is 1. The molecule has 0 spiro atoms. The molecule has 3 aromatic heterocycles. The highest BCUT2D eigenvalue weighted by Crippen LogP contribution is 2.34. The normalized spacial score (nSPS) is 10.9. The van der Waals surface area contributed by atoms with Crippen molar-refractivity contribution in [3.8, 4) is 28.5 Å². The number of fused-ring (bicyclic) bond motifs is 1. The fourth-order valence-corrected chi connectivity index (χ4v) is 3.02. The van der Waals surface area contributed by atoms with Gasteiger partial charge in [-0.15, -0.1) is 5.10 Å². The summed E-state index contributed by atoms with van der Waals surface area (Å²) in [5.74, 6) is 0.288. The highest BCUT2D eigenvalue weighted by Gasteiger charge is 2.20. The predicted octanol–water partition coefficient (Wildman–Crippen LogP) is 1.10. The Morgan fingerprint density at radius 3 is 2.75 bits per heavy atom. The molecule has 4 rings (SSSR count). The second-order valence-corrected chi connectivity index (χ2v) is 6.17. The smallest absolute Gasteiger partial charge is 0.250 e. The van der Waals surface area contributed by atoms with Gasteiger partial charge in [0.2, 0.25) is 11.5 Å². The fourth-order valence-electron chi connectivity index (χ4n) is 3.02. The Balaban J connectivity index is 2.12. The molecule has 0 amide bonds. The first-order valence-corrected chi connectivity index (χ1v) is 8.35. The van der Waals surface area contributed by atoms with E-state index in [1.54, 1.807) is 37.5 Å². The minimum atomic E-state index is -0.354. The first-order valence-electron chi connectivity index (χ1n) is 8.35. The largest absolute Gasteiger partial charge is 0.388 e. The molecule has 3 N–H and O–H groups in total. The summed E-state index contributed by atoms with van der Waals surface area (Å²) in [6.45, 7) is -0.354. The van der Waals surface area contributed by atoms with Gasteiger partial charge in [0.15, 0.2) is 11.5 Å².